The van der Waals surface area contributed by atoms with E-state index in [-0.39, 0.29) is 24.7 Å². The van der Waals surface area contributed by atoms with Gasteiger partial charge in [0.05, 0.1) is 6.42 Å². The molecule has 0 aliphatic carbocycles. The quantitative estimate of drug-likeness (QED) is 0.676. The van der Waals surface area contributed by atoms with Crippen molar-refractivity contribution in [1.29, 1.82) is 0 Å². The molecule has 0 heterocycles. The fourth-order valence-electron chi connectivity index (χ4n) is 1.87. The SMILES string of the molecule is C=CCOC(=O)Cc1ccc(-c2ccc(O)c(F)c2)cc1. The number of aromatic hydroxyl groups is 1. The second kappa shape index (κ2) is 6.70. The van der Waals surface area contributed by atoms with E-state index in [1.807, 2.05) is 0 Å². The summed E-state index contributed by atoms with van der Waals surface area (Å²) in [6.45, 7) is 3.67. The Hall–Kier alpha value is -2.62. The number of esters is 1. The highest BCUT2D eigenvalue weighted by molar-refractivity contribution is 5.73. The third-order valence-electron chi connectivity index (χ3n) is 2.95. The topological polar surface area (TPSA) is 46.5 Å². The molecular weight excluding hydrogens is 271 g/mol. The zero-order chi connectivity index (χ0) is 15.2. The van der Waals surface area contributed by atoms with E-state index in [1.54, 1.807) is 30.3 Å². The Labute approximate surface area is 122 Å². The Bertz CT molecular complexity index is 648. The molecule has 0 spiro atoms. The number of phenols is 1. The molecule has 21 heavy (non-hydrogen) atoms. The first-order valence-corrected chi connectivity index (χ1v) is 6.44. The number of rotatable bonds is 5. The van der Waals surface area contributed by atoms with Crippen molar-refractivity contribution >= 4 is 5.97 Å². The van der Waals surface area contributed by atoms with Crippen molar-refractivity contribution in [2.45, 2.75) is 6.42 Å². The molecule has 2 aromatic rings. The lowest BCUT2D eigenvalue weighted by Gasteiger charge is -2.05. The zero-order valence-electron chi connectivity index (χ0n) is 11.4. The molecule has 108 valence electrons. The highest BCUT2D eigenvalue weighted by Gasteiger charge is 2.06. The van der Waals surface area contributed by atoms with Crippen LogP contribution in [0.1, 0.15) is 5.56 Å². The minimum absolute atomic E-state index is 0.179. The van der Waals surface area contributed by atoms with Crippen LogP contribution in [-0.2, 0) is 16.0 Å². The first kappa shape index (κ1) is 14.8. The Balaban J connectivity index is 2.09. The van der Waals surface area contributed by atoms with Crippen molar-refractivity contribution in [3.63, 3.8) is 0 Å². The summed E-state index contributed by atoms with van der Waals surface area (Å²) in [4.78, 5) is 11.5. The van der Waals surface area contributed by atoms with Gasteiger partial charge in [0, 0.05) is 0 Å². The van der Waals surface area contributed by atoms with Gasteiger partial charge in [-0.1, -0.05) is 43.0 Å². The van der Waals surface area contributed by atoms with Crippen molar-refractivity contribution in [2.24, 2.45) is 0 Å². The van der Waals surface area contributed by atoms with Crippen LogP contribution in [0.15, 0.2) is 55.1 Å². The lowest BCUT2D eigenvalue weighted by Crippen LogP contribution is -2.07. The van der Waals surface area contributed by atoms with Crippen molar-refractivity contribution in [2.75, 3.05) is 6.61 Å². The normalized spacial score (nSPS) is 10.1. The number of carbonyl (C=O) groups is 1. The summed E-state index contributed by atoms with van der Waals surface area (Å²) < 4.78 is 18.2. The lowest BCUT2D eigenvalue weighted by molar-refractivity contribution is -0.141. The monoisotopic (exact) mass is 286 g/mol. The average molecular weight is 286 g/mol. The van der Waals surface area contributed by atoms with E-state index in [0.717, 1.165) is 11.1 Å². The molecule has 0 unspecified atom stereocenters. The fourth-order valence-corrected chi connectivity index (χ4v) is 1.87. The van der Waals surface area contributed by atoms with Crippen LogP contribution in [0.3, 0.4) is 0 Å². The van der Waals surface area contributed by atoms with Gasteiger partial charge in [-0.15, -0.1) is 0 Å². The van der Waals surface area contributed by atoms with Crippen LogP contribution < -0.4 is 0 Å². The van der Waals surface area contributed by atoms with E-state index >= 15 is 0 Å². The van der Waals surface area contributed by atoms with Gasteiger partial charge in [-0.3, -0.25) is 4.79 Å². The van der Waals surface area contributed by atoms with E-state index in [0.29, 0.717) is 5.56 Å². The molecule has 0 aliphatic heterocycles. The summed E-state index contributed by atoms with van der Waals surface area (Å²) >= 11 is 0. The van der Waals surface area contributed by atoms with Crippen molar-refractivity contribution in [1.82, 2.24) is 0 Å². The van der Waals surface area contributed by atoms with E-state index < -0.39 is 5.82 Å². The zero-order valence-corrected chi connectivity index (χ0v) is 11.4. The maximum atomic E-state index is 13.3. The molecule has 2 aromatic carbocycles. The maximum absolute atomic E-state index is 13.3. The highest BCUT2D eigenvalue weighted by Crippen LogP contribution is 2.25. The average Bonchev–Trinajstić information content (AvgIpc) is 2.49. The van der Waals surface area contributed by atoms with Gasteiger partial charge in [0.15, 0.2) is 11.6 Å². The minimum atomic E-state index is -0.662. The van der Waals surface area contributed by atoms with E-state index in [9.17, 15) is 14.3 Å². The van der Waals surface area contributed by atoms with E-state index in [1.165, 1.54) is 18.2 Å². The highest BCUT2D eigenvalue weighted by atomic mass is 19.1. The van der Waals surface area contributed by atoms with Gasteiger partial charge >= 0.3 is 5.97 Å². The summed E-state index contributed by atoms with van der Waals surface area (Å²) in [7, 11) is 0. The molecule has 0 saturated carbocycles. The van der Waals surface area contributed by atoms with Crippen LogP contribution >= 0.6 is 0 Å². The molecule has 0 fully saturated rings. The number of hydrogen-bond acceptors (Lipinski definition) is 3. The number of phenolic OH excluding ortho intramolecular Hbond substituents is 1. The second-order valence-corrected chi connectivity index (χ2v) is 4.51. The standard InChI is InChI=1S/C17H15FO3/c1-2-9-21-17(20)10-12-3-5-13(6-4-12)14-7-8-16(19)15(18)11-14/h2-8,11,19H,1,9-10H2. The molecule has 0 bridgehead atoms. The maximum Gasteiger partial charge on any atom is 0.310 e. The predicted octanol–water partition coefficient (Wildman–Crippen LogP) is 3.47. The molecule has 3 nitrogen and oxygen atoms in total. The van der Waals surface area contributed by atoms with Crippen LogP contribution in [0.4, 0.5) is 4.39 Å². The lowest BCUT2D eigenvalue weighted by atomic mass is 10.0. The largest absolute Gasteiger partial charge is 0.505 e. The third kappa shape index (κ3) is 3.92. The first-order chi connectivity index (χ1) is 10.1. The molecule has 4 heteroatoms. The van der Waals surface area contributed by atoms with Crippen LogP contribution in [-0.4, -0.2) is 17.7 Å². The number of benzene rings is 2. The fraction of sp³-hybridized carbons (Fsp3) is 0.118. The van der Waals surface area contributed by atoms with E-state index in [2.05, 4.69) is 6.58 Å². The smallest absolute Gasteiger partial charge is 0.310 e. The van der Waals surface area contributed by atoms with Crippen molar-refractivity contribution < 1.29 is 19.0 Å². The van der Waals surface area contributed by atoms with Crippen LogP contribution in [0, 0.1) is 5.82 Å². The number of ether oxygens (including phenoxy) is 1. The van der Waals surface area contributed by atoms with Gasteiger partial charge < -0.3 is 9.84 Å². The Morgan fingerprint density at radius 1 is 1.19 bits per heavy atom. The number of hydrogen-bond donors (Lipinski definition) is 1. The van der Waals surface area contributed by atoms with Gasteiger partial charge in [-0.05, 0) is 28.8 Å². The summed E-state index contributed by atoms with van der Waals surface area (Å²) in [5.74, 6) is -1.36. The van der Waals surface area contributed by atoms with Gasteiger partial charge in [-0.2, -0.15) is 0 Å². The molecular formula is C17H15FO3. The molecule has 0 radical (unpaired) electrons. The Morgan fingerprint density at radius 3 is 2.48 bits per heavy atom. The summed E-state index contributed by atoms with van der Waals surface area (Å²) in [5.41, 5.74) is 2.27. The van der Waals surface area contributed by atoms with Gasteiger partial charge in [-0.25, -0.2) is 4.39 Å². The van der Waals surface area contributed by atoms with Gasteiger partial charge in [0.2, 0.25) is 0 Å². The summed E-state index contributed by atoms with van der Waals surface area (Å²) in [6, 6.07) is 11.4. The minimum Gasteiger partial charge on any atom is -0.505 e. The van der Waals surface area contributed by atoms with Crippen LogP contribution in [0.5, 0.6) is 5.75 Å². The molecule has 2 rings (SSSR count). The molecule has 0 aromatic heterocycles. The van der Waals surface area contributed by atoms with Crippen molar-refractivity contribution in [3.8, 4) is 16.9 Å². The van der Waals surface area contributed by atoms with Gasteiger partial charge in [0.1, 0.15) is 6.61 Å². The second-order valence-electron chi connectivity index (χ2n) is 4.51. The third-order valence-corrected chi connectivity index (χ3v) is 2.95. The number of halogens is 1. The van der Waals surface area contributed by atoms with Crippen LogP contribution in [0.25, 0.3) is 11.1 Å². The van der Waals surface area contributed by atoms with E-state index in [4.69, 9.17) is 4.74 Å². The number of carbonyl (C=O) groups excluding carboxylic acids is 1. The van der Waals surface area contributed by atoms with Crippen LogP contribution in [0.2, 0.25) is 0 Å². The molecule has 0 amide bonds. The molecule has 0 saturated heterocycles. The first-order valence-electron chi connectivity index (χ1n) is 6.44. The molecule has 1 N–H and O–H groups in total. The molecule has 0 atom stereocenters. The predicted molar refractivity (Wildman–Crippen MR) is 78.4 cm³/mol. The Kier molecular flexibility index (Phi) is 4.72. The summed E-state index contributed by atoms with van der Waals surface area (Å²) in [6.07, 6.45) is 1.69. The van der Waals surface area contributed by atoms with Gasteiger partial charge in [0.25, 0.3) is 0 Å². The van der Waals surface area contributed by atoms with Crippen molar-refractivity contribution in [3.05, 3.63) is 66.5 Å². The summed E-state index contributed by atoms with van der Waals surface area (Å²) in [5, 5.41) is 9.17. The Morgan fingerprint density at radius 2 is 1.86 bits per heavy atom. The molecule has 0 aliphatic rings.